The third kappa shape index (κ3) is 2.25. The molecule has 0 aromatic carbocycles. The predicted octanol–water partition coefficient (Wildman–Crippen LogP) is 1.24. The Kier molecular flexibility index (Phi) is 4.10. The van der Waals surface area contributed by atoms with Gasteiger partial charge in [0.05, 0.1) is 5.92 Å². The normalized spacial score (nSPS) is 19.4. The Morgan fingerprint density at radius 1 is 1.43 bits per heavy atom. The van der Waals surface area contributed by atoms with Gasteiger partial charge in [0.1, 0.15) is 0 Å². The van der Waals surface area contributed by atoms with E-state index in [1.807, 2.05) is 6.92 Å². The molecule has 1 amide bonds. The van der Waals surface area contributed by atoms with Crippen LogP contribution in [0.25, 0.3) is 0 Å². The molecule has 0 bridgehead atoms. The topological polar surface area (TPSA) is 80.4 Å². The molecule has 4 nitrogen and oxygen atoms in total. The average Bonchev–Trinajstić information content (AvgIpc) is 2.13. The van der Waals surface area contributed by atoms with Crippen molar-refractivity contribution in [3.8, 4) is 0 Å². The fraction of sp³-hybridized carbons (Fsp3) is 0.800. The lowest BCUT2D eigenvalue weighted by Gasteiger charge is -2.33. The first kappa shape index (κ1) is 12.9. The number of carboxylic acids is 1. The highest BCUT2D eigenvalue weighted by Gasteiger charge is 2.40. The Balaban J connectivity index is 4.87. The molecule has 0 saturated heterocycles. The first-order chi connectivity index (χ1) is 6.27. The van der Waals surface area contributed by atoms with Gasteiger partial charge in [-0.05, 0) is 12.3 Å². The molecule has 0 radical (unpaired) electrons. The second-order valence-electron chi connectivity index (χ2n) is 4.05. The van der Waals surface area contributed by atoms with E-state index in [9.17, 15) is 9.59 Å². The van der Waals surface area contributed by atoms with Crippen LogP contribution in [0.1, 0.15) is 34.1 Å². The third-order valence-electron chi connectivity index (χ3n) is 3.44. The number of hydrogen-bond donors (Lipinski definition) is 2. The SMILES string of the molecule is CCC(C)(C(N)=O)C(C)C(C)C(=O)O. The molecule has 4 heteroatoms. The standard InChI is InChI=1S/C10H19NO3/c1-5-10(4,9(11)14)7(3)6(2)8(12)13/h6-7H,5H2,1-4H3,(H2,11,14)(H,12,13). The molecule has 0 aliphatic heterocycles. The maximum atomic E-state index is 11.3. The summed E-state index contributed by atoms with van der Waals surface area (Å²) in [4.78, 5) is 22.0. The molecule has 0 aromatic heterocycles. The number of carbonyl (C=O) groups is 2. The molecule has 0 saturated carbocycles. The van der Waals surface area contributed by atoms with Crippen molar-refractivity contribution in [3.05, 3.63) is 0 Å². The number of primary amides is 1. The molecule has 3 atom stereocenters. The van der Waals surface area contributed by atoms with Gasteiger partial charge >= 0.3 is 5.97 Å². The number of amides is 1. The first-order valence-electron chi connectivity index (χ1n) is 4.80. The van der Waals surface area contributed by atoms with Gasteiger partial charge in [-0.25, -0.2) is 0 Å². The molecule has 0 aliphatic rings. The summed E-state index contributed by atoms with van der Waals surface area (Å²) < 4.78 is 0. The zero-order valence-corrected chi connectivity index (χ0v) is 9.20. The number of rotatable bonds is 5. The van der Waals surface area contributed by atoms with E-state index < -0.39 is 23.2 Å². The lowest BCUT2D eigenvalue weighted by atomic mass is 9.70. The van der Waals surface area contributed by atoms with Gasteiger partial charge in [-0.3, -0.25) is 9.59 Å². The summed E-state index contributed by atoms with van der Waals surface area (Å²) in [6.45, 7) is 6.92. The van der Waals surface area contributed by atoms with E-state index in [-0.39, 0.29) is 5.92 Å². The molecule has 82 valence electrons. The lowest BCUT2D eigenvalue weighted by molar-refractivity contribution is -0.146. The van der Waals surface area contributed by atoms with Crippen LogP contribution in [0.5, 0.6) is 0 Å². The number of nitrogens with two attached hydrogens (primary N) is 1. The van der Waals surface area contributed by atoms with Crippen LogP contribution in [-0.2, 0) is 9.59 Å². The zero-order valence-electron chi connectivity index (χ0n) is 9.20. The largest absolute Gasteiger partial charge is 0.481 e. The van der Waals surface area contributed by atoms with Gasteiger partial charge in [-0.2, -0.15) is 0 Å². The Hall–Kier alpha value is -1.06. The van der Waals surface area contributed by atoms with Gasteiger partial charge < -0.3 is 10.8 Å². The van der Waals surface area contributed by atoms with Gasteiger partial charge in [0.25, 0.3) is 0 Å². The van der Waals surface area contributed by atoms with E-state index in [2.05, 4.69) is 0 Å². The average molecular weight is 201 g/mol. The van der Waals surface area contributed by atoms with E-state index in [0.29, 0.717) is 6.42 Å². The van der Waals surface area contributed by atoms with Crippen LogP contribution >= 0.6 is 0 Å². The molecule has 0 rings (SSSR count). The smallest absolute Gasteiger partial charge is 0.306 e. The van der Waals surface area contributed by atoms with Crippen molar-refractivity contribution >= 4 is 11.9 Å². The van der Waals surface area contributed by atoms with Gasteiger partial charge in [-0.15, -0.1) is 0 Å². The molecular formula is C10H19NO3. The van der Waals surface area contributed by atoms with Crippen molar-refractivity contribution in [1.82, 2.24) is 0 Å². The summed E-state index contributed by atoms with van der Waals surface area (Å²) >= 11 is 0. The highest BCUT2D eigenvalue weighted by atomic mass is 16.4. The van der Waals surface area contributed by atoms with E-state index in [4.69, 9.17) is 10.8 Å². The van der Waals surface area contributed by atoms with E-state index in [1.54, 1.807) is 20.8 Å². The van der Waals surface area contributed by atoms with Crippen LogP contribution < -0.4 is 5.73 Å². The van der Waals surface area contributed by atoms with Crippen molar-refractivity contribution in [2.24, 2.45) is 23.0 Å². The van der Waals surface area contributed by atoms with Crippen LogP contribution in [-0.4, -0.2) is 17.0 Å². The second-order valence-corrected chi connectivity index (χ2v) is 4.05. The van der Waals surface area contributed by atoms with E-state index >= 15 is 0 Å². The van der Waals surface area contributed by atoms with Crippen molar-refractivity contribution in [3.63, 3.8) is 0 Å². The van der Waals surface area contributed by atoms with Gasteiger partial charge in [0.2, 0.25) is 5.91 Å². The van der Waals surface area contributed by atoms with Crippen molar-refractivity contribution in [2.45, 2.75) is 34.1 Å². The summed E-state index contributed by atoms with van der Waals surface area (Å²) in [5.41, 5.74) is 4.55. The third-order valence-corrected chi connectivity index (χ3v) is 3.44. The number of carboxylic acid groups (broad SMARTS) is 1. The van der Waals surface area contributed by atoms with Crippen molar-refractivity contribution in [2.75, 3.05) is 0 Å². The Morgan fingerprint density at radius 3 is 2.07 bits per heavy atom. The summed E-state index contributed by atoms with van der Waals surface area (Å²) in [6, 6.07) is 0. The van der Waals surface area contributed by atoms with Gasteiger partial charge in [-0.1, -0.05) is 27.7 Å². The van der Waals surface area contributed by atoms with Crippen molar-refractivity contribution in [1.29, 1.82) is 0 Å². The molecule has 14 heavy (non-hydrogen) atoms. The van der Waals surface area contributed by atoms with Gasteiger partial charge in [0.15, 0.2) is 0 Å². The fourth-order valence-corrected chi connectivity index (χ4v) is 1.49. The molecule has 0 heterocycles. The minimum Gasteiger partial charge on any atom is -0.481 e. The fourth-order valence-electron chi connectivity index (χ4n) is 1.49. The minimum atomic E-state index is -0.890. The van der Waals surface area contributed by atoms with Crippen molar-refractivity contribution < 1.29 is 14.7 Å². The zero-order chi connectivity index (χ0) is 11.5. The molecule has 0 fully saturated rings. The molecule has 0 aromatic rings. The quantitative estimate of drug-likeness (QED) is 0.702. The number of aliphatic carboxylic acids is 1. The second kappa shape index (κ2) is 4.44. The maximum absolute atomic E-state index is 11.3. The molecule has 3 unspecified atom stereocenters. The molecule has 0 aliphatic carbocycles. The lowest BCUT2D eigenvalue weighted by Crippen LogP contribution is -2.43. The highest BCUT2D eigenvalue weighted by molar-refractivity contribution is 5.82. The van der Waals surface area contributed by atoms with Gasteiger partial charge in [0, 0.05) is 5.41 Å². The predicted molar refractivity (Wildman–Crippen MR) is 53.6 cm³/mol. The Morgan fingerprint density at radius 2 is 1.86 bits per heavy atom. The maximum Gasteiger partial charge on any atom is 0.306 e. The van der Waals surface area contributed by atoms with Crippen LogP contribution in [0.4, 0.5) is 0 Å². The summed E-state index contributed by atoms with van der Waals surface area (Å²) in [5.74, 6) is -2.14. The summed E-state index contributed by atoms with van der Waals surface area (Å²) in [6.07, 6.45) is 0.557. The molecule has 0 spiro atoms. The Bertz CT molecular complexity index is 240. The van der Waals surface area contributed by atoms with Crippen LogP contribution in [0.15, 0.2) is 0 Å². The monoisotopic (exact) mass is 201 g/mol. The number of hydrogen-bond acceptors (Lipinski definition) is 2. The van der Waals surface area contributed by atoms with Crippen LogP contribution in [0, 0.1) is 17.3 Å². The van der Waals surface area contributed by atoms with Crippen LogP contribution in [0.3, 0.4) is 0 Å². The minimum absolute atomic E-state index is 0.262. The number of carbonyl (C=O) groups excluding carboxylic acids is 1. The summed E-state index contributed by atoms with van der Waals surface area (Å²) in [7, 11) is 0. The molecular weight excluding hydrogens is 182 g/mol. The first-order valence-corrected chi connectivity index (χ1v) is 4.80. The molecule has 3 N–H and O–H groups in total. The highest BCUT2D eigenvalue weighted by Crippen LogP contribution is 2.35. The van der Waals surface area contributed by atoms with E-state index in [0.717, 1.165) is 0 Å². The Labute approximate surface area is 84.5 Å². The van der Waals surface area contributed by atoms with Crippen LogP contribution in [0.2, 0.25) is 0 Å². The van der Waals surface area contributed by atoms with E-state index in [1.165, 1.54) is 0 Å². The summed E-state index contributed by atoms with van der Waals surface area (Å²) in [5, 5.41) is 8.84.